The number of carbonyl (C=O) groups excluding carboxylic acids is 1. The molecule has 6 nitrogen and oxygen atoms in total. The van der Waals surface area contributed by atoms with Crippen LogP contribution in [0.25, 0.3) is 5.69 Å². The lowest BCUT2D eigenvalue weighted by atomic mass is 9.97. The molecule has 25 heavy (non-hydrogen) atoms. The van der Waals surface area contributed by atoms with Crippen LogP contribution >= 0.6 is 11.6 Å². The number of rotatable bonds is 5. The van der Waals surface area contributed by atoms with Crippen LogP contribution in [0.15, 0.2) is 36.5 Å². The summed E-state index contributed by atoms with van der Waals surface area (Å²) in [6.45, 7) is 0.650. The van der Waals surface area contributed by atoms with Crippen molar-refractivity contribution in [2.24, 2.45) is 0 Å². The number of aliphatic carboxylic acids is 1. The average molecular weight is 362 g/mol. The number of halogens is 1. The standard InChI is InChI=1S/C18H20ClN3O3/c19-13-4-6-15(7-5-13)22-12-10-16(20-22)18(25)21-11-2-1-3-14(21)8-9-17(23)24/h4-7,10,12,14H,1-3,8-9,11H2,(H,23,24). The summed E-state index contributed by atoms with van der Waals surface area (Å²) in [5.74, 6) is -0.965. The lowest BCUT2D eigenvalue weighted by Gasteiger charge is -2.35. The van der Waals surface area contributed by atoms with Gasteiger partial charge in [0.05, 0.1) is 5.69 Å². The second kappa shape index (κ2) is 7.70. The van der Waals surface area contributed by atoms with E-state index in [4.69, 9.17) is 16.7 Å². The summed E-state index contributed by atoms with van der Waals surface area (Å²) in [7, 11) is 0. The fourth-order valence-corrected chi connectivity index (χ4v) is 3.31. The van der Waals surface area contributed by atoms with Crippen molar-refractivity contribution in [3.63, 3.8) is 0 Å². The number of hydrogen-bond acceptors (Lipinski definition) is 3. The van der Waals surface area contributed by atoms with Crippen molar-refractivity contribution in [1.29, 1.82) is 0 Å². The van der Waals surface area contributed by atoms with E-state index < -0.39 is 5.97 Å². The zero-order valence-electron chi connectivity index (χ0n) is 13.8. The molecule has 132 valence electrons. The van der Waals surface area contributed by atoms with Gasteiger partial charge in [0.25, 0.3) is 5.91 Å². The first kappa shape index (κ1) is 17.5. The summed E-state index contributed by atoms with van der Waals surface area (Å²) in [6.07, 6.45) is 5.11. The Bertz CT molecular complexity index is 757. The van der Waals surface area contributed by atoms with Gasteiger partial charge in [-0.2, -0.15) is 5.10 Å². The first-order valence-corrected chi connectivity index (χ1v) is 8.77. The predicted octanol–water partition coefficient (Wildman–Crippen LogP) is 3.39. The lowest BCUT2D eigenvalue weighted by molar-refractivity contribution is -0.137. The van der Waals surface area contributed by atoms with Crippen LogP contribution in [-0.4, -0.2) is 44.3 Å². The van der Waals surface area contributed by atoms with Crippen LogP contribution in [0.4, 0.5) is 0 Å². The minimum Gasteiger partial charge on any atom is -0.481 e. The molecule has 1 atom stereocenters. The van der Waals surface area contributed by atoms with Crippen molar-refractivity contribution in [1.82, 2.24) is 14.7 Å². The van der Waals surface area contributed by atoms with Gasteiger partial charge in [-0.3, -0.25) is 9.59 Å². The van der Waals surface area contributed by atoms with Crippen LogP contribution in [0, 0.1) is 0 Å². The Morgan fingerprint density at radius 3 is 2.68 bits per heavy atom. The molecular weight excluding hydrogens is 342 g/mol. The van der Waals surface area contributed by atoms with E-state index in [1.807, 2.05) is 12.1 Å². The maximum absolute atomic E-state index is 12.8. The molecule has 0 saturated carbocycles. The van der Waals surface area contributed by atoms with Crippen LogP contribution in [0.2, 0.25) is 5.02 Å². The molecule has 2 heterocycles. The zero-order valence-corrected chi connectivity index (χ0v) is 14.5. The fraction of sp³-hybridized carbons (Fsp3) is 0.389. The molecule has 1 aromatic carbocycles. The number of carbonyl (C=O) groups is 2. The molecular formula is C18H20ClN3O3. The lowest BCUT2D eigenvalue weighted by Crippen LogP contribution is -2.44. The Kier molecular flexibility index (Phi) is 5.38. The number of carboxylic acids is 1. The van der Waals surface area contributed by atoms with Crippen molar-refractivity contribution in [2.75, 3.05) is 6.54 Å². The average Bonchev–Trinajstić information content (AvgIpc) is 3.10. The van der Waals surface area contributed by atoms with E-state index in [1.54, 1.807) is 34.0 Å². The normalized spacial score (nSPS) is 17.5. The smallest absolute Gasteiger partial charge is 0.303 e. The summed E-state index contributed by atoms with van der Waals surface area (Å²) in [6, 6.07) is 8.87. The molecule has 0 radical (unpaired) electrons. The first-order chi connectivity index (χ1) is 12.0. The van der Waals surface area contributed by atoms with E-state index in [-0.39, 0.29) is 18.4 Å². The van der Waals surface area contributed by atoms with Gasteiger partial charge in [-0.25, -0.2) is 4.68 Å². The van der Waals surface area contributed by atoms with E-state index in [9.17, 15) is 9.59 Å². The predicted molar refractivity (Wildman–Crippen MR) is 94.1 cm³/mol. The molecule has 1 amide bonds. The molecule has 1 aliphatic heterocycles. The quantitative estimate of drug-likeness (QED) is 0.885. The number of piperidine rings is 1. The molecule has 1 aliphatic rings. The molecule has 0 bridgehead atoms. The van der Waals surface area contributed by atoms with Gasteiger partial charge in [0.2, 0.25) is 0 Å². The first-order valence-electron chi connectivity index (χ1n) is 8.39. The minimum absolute atomic E-state index is 0.0296. The van der Waals surface area contributed by atoms with Crippen LogP contribution in [0.5, 0.6) is 0 Å². The van der Waals surface area contributed by atoms with Crippen LogP contribution in [0.3, 0.4) is 0 Å². The van der Waals surface area contributed by atoms with E-state index in [0.717, 1.165) is 24.9 Å². The van der Waals surface area contributed by atoms with E-state index in [1.165, 1.54) is 0 Å². The van der Waals surface area contributed by atoms with Crippen molar-refractivity contribution in [3.05, 3.63) is 47.2 Å². The molecule has 1 N–H and O–H groups in total. The highest BCUT2D eigenvalue weighted by atomic mass is 35.5. The number of nitrogens with zero attached hydrogens (tertiary/aromatic N) is 3. The van der Waals surface area contributed by atoms with Gasteiger partial charge < -0.3 is 10.0 Å². The van der Waals surface area contributed by atoms with Gasteiger partial charge in [0.15, 0.2) is 5.69 Å². The summed E-state index contributed by atoms with van der Waals surface area (Å²) < 4.78 is 1.64. The maximum Gasteiger partial charge on any atom is 0.303 e. The van der Waals surface area contributed by atoms with E-state index >= 15 is 0 Å². The number of aromatic nitrogens is 2. The Labute approximate surface area is 151 Å². The third-order valence-electron chi connectivity index (χ3n) is 4.48. The van der Waals surface area contributed by atoms with Gasteiger partial charge >= 0.3 is 5.97 Å². The molecule has 2 aromatic rings. The van der Waals surface area contributed by atoms with Crippen LogP contribution in [-0.2, 0) is 4.79 Å². The van der Waals surface area contributed by atoms with Crippen molar-refractivity contribution >= 4 is 23.5 Å². The highest BCUT2D eigenvalue weighted by Gasteiger charge is 2.29. The third-order valence-corrected chi connectivity index (χ3v) is 4.73. The highest BCUT2D eigenvalue weighted by Crippen LogP contribution is 2.23. The number of carboxylic acid groups (broad SMARTS) is 1. The number of amides is 1. The van der Waals surface area contributed by atoms with Gasteiger partial charge in [-0.05, 0) is 56.0 Å². The number of hydrogen-bond donors (Lipinski definition) is 1. The Hall–Kier alpha value is -2.34. The molecule has 0 spiro atoms. The Balaban J connectivity index is 1.75. The Morgan fingerprint density at radius 1 is 1.20 bits per heavy atom. The maximum atomic E-state index is 12.8. The molecule has 3 rings (SSSR count). The minimum atomic E-state index is -0.829. The van der Waals surface area contributed by atoms with E-state index in [0.29, 0.717) is 23.7 Å². The van der Waals surface area contributed by atoms with Gasteiger partial charge in [-0.15, -0.1) is 0 Å². The summed E-state index contributed by atoms with van der Waals surface area (Å²) >= 11 is 5.89. The van der Waals surface area contributed by atoms with Gasteiger partial charge in [0, 0.05) is 30.2 Å². The molecule has 7 heteroatoms. The summed E-state index contributed by atoms with van der Waals surface area (Å²) in [5.41, 5.74) is 1.20. The second-order valence-electron chi connectivity index (χ2n) is 6.20. The Morgan fingerprint density at radius 2 is 1.96 bits per heavy atom. The van der Waals surface area contributed by atoms with Crippen molar-refractivity contribution in [3.8, 4) is 5.69 Å². The third kappa shape index (κ3) is 4.20. The summed E-state index contributed by atoms with van der Waals surface area (Å²) in [5, 5.41) is 13.9. The zero-order chi connectivity index (χ0) is 17.8. The topological polar surface area (TPSA) is 75.4 Å². The highest BCUT2D eigenvalue weighted by molar-refractivity contribution is 6.30. The number of benzene rings is 1. The van der Waals surface area contributed by atoms with Gasteiger partial charge in [-0.1, -0.05) is 11.6 Å². The number of likely N-dealkylation sites (tertiary alicyclic amines) is 1. The SMILES string of the molecule is O=C(O)CCC1CCCCN1C(=O)c1ccn(-c2ccc(Cl)cc2)n1. The molecule has 1 saturated heterocycles. The molecule has 1 aromatic heterocycles. The van der Waals surface area contributed by atoms with Crippen molar-refractivity contribution < 1.29 is 14.7 Å². The van der Waals surface area contributed by atoms with E-state index in [2.05, 4.69) is 5.10 Å². The largest absolute Gasteiger partial charge is 0.481 e. The monoisotopic (exact) mass is 361 g/mol. The van der Waals surface area contributed by atoms with Crippen LogP contribution < -0.4 is 0 Å². The van der Waals surface area contributed by atoms with Gasteiger partial charge in [0.1, 0.15) is 0 Å². The molecule has 0 aliphatic carbocycles. The van der Waals surface area contributed by atoms with Crippen LogP contribution in [0.1, 0.15) is 42.6 Å². The van der Waals surface area contributed by atoms with Crippen molar-refractivity contribution in [2.45, 2.75) is 38.1 Å². The molecule has 1 fully saturated rings. The molecule has 1 unspecified atom stereocenters. The summed E-state index contributed by atoms with van der Waals surface area (Å²) in [4.78, 5) is 25.5. The fourth-order valence-electron chi connectivity index (χ4n) is 3.18. The second-order valence-corrected chi connectivity index (χ2v) is 6.64.